The third-order valence-electron chi connectivity index (χ3n) is 3.86. The van der Waals surface area contributed by atoms with Crippen molar-refractivity contribution < 1.29 is 4.74 Å². The van der Waals surface area contributed by atoms with Crippen LogP contribution in [0.4, 0.5) is 5.82 Å². The molecule has 0 saturated carbocycles. The Morgan fingerprint density at radius 2 is 2.05 bits per heavy atom. The van der Waals surface area contributed by atoms with Crippen LogP contribution in [0.15, 0.2) is 9.59 Å². The van der Waals surface area contributed by atoms with Crippen LogP contribution in [0.1, 0.15) is 24.8 Å². The van der Waals surface area contributed by atoms with Crippen molar-refractivity contribution in [1.82, 2.24) is 9.13 Å². The van der Waals surface area contributed by atoms with Gasteiger partial charge in [0.25, 0.3) is 5.56 Å². The molecule has 21 heavy (non-hydrogen) atoms. The average Bonchev–Trinajstić information content (AvgIpc) is 2.49. The van der Waals surface area contributed by atoms with Gasteiger partial charge < -0.3 is 9.64 Å². The van der Waals surface area contributed by atoms with Gasteiger partial charge in [-0.2, -0.15) is 5.26 Å². The van der Waals surface area contributed by atoms with Crippen LogP contribution in [0.5, 0.6) is 0 Å². The molecule has 1 saturated heterocycles. The second-order valence-electron chi connectivity index (χ2n) is 5.39. The molecule has 1 aromatic heterocycles. The molecule has 1 unspecified atom stereocenters. The van der Waals surface area contributed by atoms with E-state index in [1.54, 1.807) is 19.0 Å². The molecule has 1 aromatic rings. The van der Waals surface area contributed by atoms with E-state index in [-0.39, 0.29) is 11.7 Å². The van der Waals surface area contributed by atoms with Crippen LogP contribution in [0.2, 0.25) is 0 Å². The Labute approximate surface area is 123 Å². The lowest BCUT2D eigenvalue weighted by molar-refractivity contribution is 0.0214. The summed E-state index contributed by atoms with van der Waals surface area (Å²) in [6, 6.07) is 1.92. The zero-order chi connectivity index (χ0) is 15.6. The second kappa shape index (κ2) is 6.14. The summed E-state index contributed by atoms with van der Waals surface area (Å²) >= 11 is 0. The third-order valence-corrected chi connectivity index (χ3v) is 3.86. The number of nitriles is 1. The molecule has 0 bridgehead atoms. The molecule has 1 atom stereocenters. The van der Waals surface area contributed by atoms with Crippen LogP contribution < -0.4 is 16.1 Å². The quantitative estimate of drug-likeness (QED) is 0.781. The molecule has 1 aliphatic heterocycles. The van der Waals surface area contributed by atoms with Gasteiger partial charge in [-0.3, -0.25) is 13.9 Å². The first-order valence-electron chi connectivity index (χ1n) is 7.00. The van der Waals surface area contributed by atoms with E-state index in [1.165, 1.54) is 11.6 Å². The predicted molar refractivity (Wildman–Crippen MR) is 78.5 cm³/mol. The first kappa shape index (κ1) is 15.3. The Morgan fingerprint density at radius 3 is 2.62 bits per heavy atom. The molecular weight excluding hydrogens is 272 g/mol. The van der Waals surface area contributed by atoms with Crippen molar-refractivity contribution >= 4 is 5.82 Å². The normalized spacial score (nSPS) is 18.3. The molecule has 0 aliphatic carbocycles. The molecule has 0 radical (unpaired) electrons. The summed E-state index contributed by atoms with van der Waals surface area (Å²) in [6.07, 6.45) is 3.19. The maximum absolute atomic E-state index is 12.1. The van der Waals surface area contributed by atoms with Gasteiger partial charge in [0, 0.05) is 34.3 Å². The summed E-state index contributed by atoms with van der Waals surface area (Å²) in [5, 5.41) is 9.26. The van der Waals surface area contributed by atoms with E-state index in [0.717, 1.165) is 30.4 Å². The van der Waals surface area contributed by atoms with Crippen LogP contribution in [0.3, 0.4) is 0 Å². The van der Waals surface area contributed by atoms with Crippen molar-refractivity contribution in [2.24, 2.45) is 14.1 Å². The van der Waals surface area contributed by atoms with Gasteiger partial charge in [-0.05, 0) is 19.3 Å². The van der Waals surface area contributed by atoms with Gasteiger partial charge >= 0.3 is 5.69 Å². The molecule has 0 spiro atoms. The van der Waals surface area contributed by atoms with Gasteiger partial charge in [0.2, 0.25) is 0 Å². The van der Waals surface area contributed by atoms with E-state index >= 15 is 0 Å². The number of rotatable bonds is 3. The highest BCUT2D eigenvalue weighted by Gasteiger charge is 2.22. The zero-order valence-electron chi connectivity index (χ0n) is 12.6. The first-order valence-corrected chi connectivity index (χ1v) is 7.00. The Balaban J connectivity index is 2.40. The largest absolute Gasteiger partial charge is 0.376 e. The highest BCUT2D eigenvalue weighted by atomic mass is 16.5. The molecule has 114 valence electrons. The number of anilines is 1. The van der Waals surface area contributed by atoms with E-state index in [0.29, 0.717) is 12.4 Å². The molecule has 2 heterocycles. The van der Waals surface area contributed by atoms with Crippen LogP contribution in [-0.4, -0.2) is 35.4 Å². The molecule has 0 N–H and O–H groups in total. The molecular formula is C14H20N4O3. The number of hydrogen-bond acceptors (Lipinski definition) is 5. The van der Waals surface area contributed by atoms with E-state index in [9.17, 15) is 14.9 Å². The SMILES string of the molecule is CN(CC1CCCCO1)c1c(C#N)c(=O)n(C)c(=O)n1C. The third kappa shape index (κ3) is 2.85. The standard InChI is InChI=1S/C14H20N4O3/c1-16(9-10-6-4-5-7-21-10)12-11(8-15)13(19)18(3)14(20)17(12)2/h10H,4-7,9H2,1-3H3. The Hall–Kier alpha value is -2.07. The highest BCUT2D eigenvalue weighted by Crippen LogP contribution is 2.18. The minimum Gasteiger partial charge on any atom is -0.376 e. The molecule has 7 heteroatoms. The van der Waals surface area contributed by atoms with E-state index in [2.05, 4.69) is 0 Å². The summed E-state index contributed by atoms with van der Waals surface area (Å²) in [5.41, 5.74) is -1.02. The smallest absolute Gasteiger partial charge is 0.332 e. The van der Waals surface area contributed by atoms with Gasteiger partial charge in [0.05, 0.1) is 6.10 Å². The Bertz CT molecular complexity index is 677. The fourth-order valence-electron chi connectivity index (χ4n) is 2.72. The highest BCUT2D eigenvalue weighted by molar-refractivity contribution is 5.53. The van der Waals surface area contributed by atoms with E-state index in [4.69, 9.17) is 4.74 Å². The fourth-order valence-corrected chi connectivity index (χ4v) is 2.72. The van der Waals surface area contributed by atoms with Crippen molar-refractivity contribution in [1.29, 1.82) is 5.26 Å². The number of nitrogens with zero attached hydrogens (tertiary/aromatic N) is 4. The predicted octanol–water partition coefficient (Wildman–Crippen LogP) is -0.0390. The summed E-state index contributed by atoms with van der Waals surface area (Å²) in [6.45, 7) is 1.29. The summed E-state index contributed by atoms with van der Waals surface area (Å²) in [7, 11) is 4.71. The van der Waals surface area contributed by atoms with Crippen molar-refractivity contribution in [3.63, 3.8) is 0 Å². The van der Waals surface area contributed by atoms with Crippen molar-refractivity contribution in [2.75, 3.05) is 25.1 Å². The lowest BCUT2D eigenvalue weighted by atomic mass is 10.1. The van der Waals surface area contributed by atoms with Crippen LogP contribution in [-0.2, 0) is 18.8 Å². The number of hydrogen-bond donors (Lipinski definition) is 0. The van der Waals surface area contributed by atoms with Crippen molar-refractivity contribution in [3.8, 4) is 6.07 Å². The zero-order valence-corrected chi connectivity index (χ0v) is 12.6. The second-order valence-corrected chi connectivity index (χ2v) is 5.39. The minimum absolute atomic E-state index is 0.0158. The Kier molecular flexibility index (Phi) is 4.48. The van der Waals surface area contributed by atoms with Gasteiger partial charge in [0.1, 0.15) is 11.9 Å². The first-order chi connectivity index (χ1) is 9.97. The van der Waals surface area contributed by atoms with Crippen molar-refractivity contribution in [2.45, 2.75) is 25.4 Å². The fraction of sp³-hybridized carbons (Fsp3) is 0.643. The summed E-state index contributed by atoms with van der Waals surface area (Å²) in [5.74, 6) is 0.347. The molecule has 1 fully saturated rings. The van der Waals surface area contributed by atoms with E-state index in [1.807, 2.05) is 6.07 Å². The molecule has 0 aromatic carbocycles. The number of likely N-dealkylation sites (N-methyl/N-ethyl adjacent to an activating group) is 1. The lowest BCUT2D eigenvalue weighted by Gasteiger charge is -2.29. The minimum atomic E-state index is -0.563. The van der Waals surface area contributed by atoms with Crippen LogP contribution in [0, 0.1) is 11.3 Å². The van der Waals surface area contributed by atoms with Crippen molar-refractivity contribution in [3.05, 3.63) is 26.4 Å². The van der Waals surface area contributed by atoms with Gasteiger partial charge in [0.15, 0.2) is 5.56 Å². The molecule has 7 nitrogen and oxygen atoms in total. The molecule has 1 aliphatic rings. The number of aromatic nitrogens is 2. The topological polar surface area (TPSA) is 80.3 Å². The van der Waals surface area contributed by atoms with Gasteiger partial charge in [-0.25, -0.2) is 4.79 Å². The summed E-state index contributed by atoms with van der Waals surface area (Å²) < 4.78 is 7.96. The van der Waals surface area contributed by atoms with E-state index < -0.39 is 11.2 Å². The maximum atomic E-state index is 12.1. The average molecular weight is 292 g/mol. The van der Waals surface area contributed by atoms with Gasteiger partial charge in [-0.1, -0.05) is 0 Å². The van der Waals surface area contributed by atoms with Crippen LogP contribution in [0.25, 0.3) is 0 Å². The lowest BCUT2D eigenvalue weighted by Crippen LogP contribution is -2.43. The molecule has 0 amide bonds. The number of ether oxygens (including phenoxy) is 1. The van der Waals surface area contributed by atoms with Crippen LogP contribution >= 0.6 is 0 Å². The maximum Gasteiger partial charge on any atom is 0.332 e. The monoisotopic (exact) mass is 292 g/mol. The van der Waals surface area contributed by atoms with Gasteiger partial charge in [-0.15, -0.1) is 0 Å². The summed E-state index contributed by atoms with van der Waals surface area (Å²) in [4.78, 5) is 25.9. The molecule has 2 rings (SSSR count). The Morgan fingerprint density at radius 1 is 1.33 bits per heavy atom.